The number of hydrogen-bond donors (Lipinski definition) is 1. The van der Waals surface area contributed by atoms with Crippen molar-refractivity contribution in [3.8, 4) is 11.3 Å². The topological polar surface area (TPSA) is 82.2 Å². The highest BCUT2D eigenvalue weighted by Gasteiger charge is 2.18. The molecule has 0 spiro atoms. The molecular weight excluding hydrogens is 332 g/mol. The summed E-state index contributed by atoms with van der Waals surface area (Å²) in [6.07, 6.45) is 4.26. The SMILES string of the molecule is CCOC(C)n1cc(-c2ncn3nc(N[C@@H](C)CF)nc3c2F)cn1. The third-order valence-corrected chi connectivity index (χ3v) is 3.59. The van der Waals surface area contributed by atoms with Crippen molar-refractivity contribution in [1.82, 2.24) is 29.4 Å². The molecule has 3 aromatic heterocycles. The fourth-order valence-corrected chi connectivity index (χ4v) is 2.33. The van der Waals surface area contributed by atoms with Crippen molar-refractivity contribution in [2.45, 2.75) is 33.0 Å². The zero-order valence-corrected chi connectivity index (χ0v) is 14.1. The van der Waals surface area contributed by atoms with Gasteiger partial charge in [0.05, 0.1) is 12.2 Å². The maximum absolute atomic E-state index is 14.8. The number of ether oxygens (including phenoxy) is 1. The first-order chi connectivity index (χ1) is 12.0. The van der Waals surface area contributed by atoms with E-state index in [1.165, 1.54) is 17.0 Å². The summed E-state index contributed by atoms with van der Waals surface area (Å²) in [4.78, 5) is 8.16. The standard InChI is InChI=1S/C15H19F2N7O/c1-4-25-10(3)23-7-11(6-19-23)13-12(17)14-21-15(20-9(2)5-16)22-24(14)8-18-13/h6-10H,4-5H2,1-3H3,(H,20,22)/t9-,10?/m0/s1. The van der Waals surface area contributed by atoms with E-state index in [9.17, 15) is 8.78 Å². The van der Waals surface area contributed by atoms with Crippen molar-refractivity contribution < 1.29 is 13.5 Å². The molecule has 1 unspecified atom stereocenters. The Hall–Kier alpha value is -2.62. The molecule has 0 aromatic carbocycles. The zero-order chi connectivity index (χ0) is 18.0. The molecule has 1 N–H and O–H groups in total. The number of fused-ring (bicyclic) bond motifs is 1. The summed E-state index contributed by atoms with van der Waals surface area (Å²) in [5.74, 6) is -0.483. The second-order valence-corrected chi connectivity index (χ2v) is 5.57. The third kappa shape index (κ3) is 3.43. The van der Waals surface area contributed by atoms with Gasteiger partial charge in [-0.15, -0.1) is 5.10 Å². The lowest BCUT2D eigenvalue weighted by Crippen LogP contribution is -2.17. The van der Waals surface area contributed by atoms with Gasteiger partial charge < -0.3 is 10.1 Å². The maximum Gasteiger partial charge on any atom is 0.243 e. The second-order valence-electron chi connectivity index (χ2n) is 5.57. The van der Waals surface area contributed by atoms with Gasteiger partial charge in [0.15, 0.2) is 11.5 Å². The lowest BCUT2D eigenvalue weighted by Gasteiger charge is -2.11. The molecule has 0 amide bonds. The molecule has 3 aromatic rings. The largest absolute Gasteiger partial charge is 0.357 e. The second kappa shape index (κ2) is 7.09. The molecule has 0 aliphatic rings. The fraction of sp³-hybridized carbons (Fsp3) is 0.467. The lowest BCUT2D eigenvalue weighted by atomic mass is 10.2. The summed E-state index contributed by atoms with van der Waals surface area (Å²) in [6.45, 7) is 5.33. The molecule has 3 heterocycles. The summed E-state index contributed by atoms with van der Waals surface area (Å²) < 4.78 is 35.6. The highest BCUT2D eigenvalue weighted by atomic mass is 19.1. The lowest BCUT2D eigenvalue weighted by molar-refractivity contribution is 0.0160. The van der Waals surface area contributed by atoms with Crippen molar-refractivity contribution >= 4 is 11.6 Å². The molecule has 0 saturated heterocycles. The Morgan fingerprint density at radius 3 is 2.88 bits per heavy atom. The summed E-state index contributed by atoms with van der Waals surface area (Å²) in [5, 5.41) is 11.0. The highest BCUT2D eigenvalue weighted by molar-refractivity contribution is 5.63. The molecule has 0 fully saturated rings. The molecule has 134 valence electrons. The van der Waals surface area contributed by atoms with E-state index in [2.05, 4.69) is 25.5 Å². The number of rotatable bonds is 7. The number of hydrogen-bond acceptors (Lipinski definition) is 6. The molecule has 0 aliphatic heterocycles. The van der Waals surface area contributed by atoms with Gasteiger partial charge in [-0.05, 0) is 20.8 Å². The van der Waals surface area contributed by atoms with Crippen molar-refractivity contribution in [2.24, 2.45) is 0 Å². The van der Waals surface area contributed by atoms with E-state index in [1.807, 2.05) is 13.8 Å². The molecule has 25 heavy (non-hydrogen) atoms. The summed E-state index contributed by atoms with van der Waals surface area (Å²) in [7, 11) is 0. The van der Waals surface area contributed by atoms with Gasteiger partial charge in [-0.2, -0.15) is 14.6 Å². The molecule has 0 bridgehead atoms. The fourth-order valence-electron chi connectivity index (χ4n) is 2.33. The van der Waals surface area contributed by atoms with Crippen LogP contribution in [0.25, 0.3) is 16.9 Å². The number of aromatic nitrogens is 6. The van der Waals surface area contributed by atoms with Crippen molar-refractivity contribution in [2.75, 3.05) is 18.6 Å². The summed E-state index contributed by atoms with van der Waals surface area (Å²) in [6, 6.07) is -0.466. The molecule has 8 nitrogen and oxygen atoms in total. The molecule has 0 radical (unpaired) electrons. The Kier molecular flexibility index (Phi) is 4.88. The van der Waals surface area contributed by atoms with E-state index >= 15 is 0 Å². The van der Waals surface area contributed by atoms with Gasteiger partial charge in [0.1, 0.15) is 24.9 Å². The van der Waals surface area contributed by atoms with E-state index in [0.29, 0.717) is 12.2 Å². The van der Waals surface area contributed by atoms with Crippen LogP contribution in [-0.2, 0) is 4.74 Å². The van der Waals surface area contributed by atoms with Crippen LogP contribution in [0.15, 0.2) is 18.7 Å². The van der Waals surface area contributed by atoms with Gasteiger partial charge in [0.2, 0.25) is 5.95 Å². The quantitative estimate of drug-likeness (QED) is 0.704. The summed E-state index contributed by atoms with van der Waals surface area (Å²) >= 11 is 0. The normalized spacial score (nSPS) is 14.0. The van der Waals surface area contributed by atoms with E-state index in [1.54, 1.807) is 17.8 Å². The van der Waals surface area contributed by atoms with Crippen LogP contribution in [0.5, 0.6) is 0 Å². The Balaban J connectivity index is 1.93. The first kappa shape index (κ1) is 17.2. The van der Waals surface area contributed by atoms with E-state index in [0.717, 1.165) is 0 Å². The van der Waals surface area contributed by atoms with Crippen LogP contribution < -0.4 is 5.32 Å². The maximum atomic E-state index is 14.8. The number of halogens is 2. The van der Waals surface area contributed by atoms with Crippen LogP contribution in [0.3, 0.4) is 0 Å². The zero-order valence-electron chi connectivity index (χ0n) is 14.1. The van der Waals surface area contributed by atoms with Gasteiger partial charge in [0, 0.05) is 18.4 Å². The molecule has 0 aliphatic carbocycles. The molecule has 3 rings (SSSR count). The van der Waals surface area contributed by atoms with Crippen molar-refractivity contribution in [3.63, 3.8) is 0 Å². The number of anilines is 1. The Labute approximate surface area is 142 Å². The van der Waals surface area contributed by atoms with Crippen LogP contribution in [0.1, 0.15) is 27.0 Å². The smallest absolute Gasteiger partial charge is 0.243 e. The Morgan fingerprint density at radius 1 is 1.36 bits per heavy atom. The molecule has 0 saturated carbocycles. The first-order valence-corrected chi connectivity index (χ1v) is 7.93. The van der Waals surface area contributed by atoms with Crippen molar-refractivity contribution in [3.05, 3.63) is 24.5 Å². The first-order valence-electron chi connectivity index (χ1n) is 7.93. The van der Waals surface area contributed by atoms with Gasteiger partial charge >= 0.3 is 0 Å². The molecule has 10 heteroatoms. The van der Waals surface area contributed by atoms with Gasteiger partial charge in [-0.1, -0.05) is 0 Å². The van der Waals surface area contributed by atoms with Crippen molar-refractivity contribution in [1.29, 1.82) is 0 Å². The van der Waals surface area contributed by atoms with Gasteiger partial charge in [0.25, 0.3) is 0 Å². The van der Waals surface area contributed by atoms with Crippen LogP contribution in [0, 0.1) is 5.82 Å². The minimum Gasteiger partial charge on any atom is -0.357 e. The predicted octanol–water partition coefficient (Wildman–Crippen LogP) is 2.45. The molecular formula is C15H19F2N7O. The summed E-state index contributed by atoms with van der Waals surface area (Å²) in [5.41, 5.74) is 0.616. The van der Waals surface area contributed by atoms with E-state index in [4.69, 9.17) is 4.74 Å². The minimum absolute atomic E-state index is 0.00386. The van der Waals surface area contributed by atoms with Crippen LogP contribution in [-0.4, -0.2) is 48.7 Å². The Bertz CT molecular complexity index is 863. The van der Waals surface area contributed by atoms with Gasteiger partial charge in [-0.25, -0.2) is 18.4 Å². The van der Waals surface area contributed by atoms with E-state index < -0.39 is 18.5 Å². The number of nitrogens with one attached hydrogen (secondary N) is 1. The average Bonchev–Trinajstić information content (AvgIpc) is 3.22. The third-order valence-electron chi connectivity index (χ3n) is 3.59. The van der Waals surface area contributed by atoms with Gasteiger partial charge in [-0.3, -0.25) is 0 Å². The Morgan fingerprint density at radius 2 is 2.16 bits per heavy atom. The monoisotopic (exact) mass is 351 g/mol. The minimum atomic E-state index is -0.625. The highest BCUT2D eigenvalue weighted by Crippen LogP contribution is 2.23. The number of alkyl halides is 1. The average molecular weight is 351 g/mol. The number of nitrogens with zero attached hydrogens (tertiary/aromatic N) is 6. The molecule has 2 atom stereocenters. The van der Waals surface area contributed by atoms with Crippen LogP contribution in [0.2, 0.25) is 0 Å². The predicted molar refractivity (Wildman–Crippen MR) is 87.4 cm³/mol. The van der Waals surface area contributed by atoms with Crippen LogP contribution >= 0.6 is 0 Å². The van der Waals surface area contributed by atoms with E-state index in [-0.39, 0.29) is 23.5 Å². The van der Waals surface area contributed by atoms with Crippen LogP contribution in [0.4, 0.5) is 14.7 Å².